The summed E-state index contributed by atoms with van der Waals surface area (Å²) in [6.45, 7) is 4.42. The number of aromatic nitrogens is 1. The predicted molar refractivity (Wildman–Crippen MR) is 85.8 cm³/mol. The molecule has 0 bridgehead atoms. The van der Waals surface area contributed by atoms with Crippen LogP contribution < -0.4 is 11.1 Å². The number of halogens is 1. The molecule has 6 heteroatoms. The molecule has 0 atom stereocenters. The van der Waals surface area contributed by atoms with E-state index >= 15 is 0 Å². The number of hydrogen-bond acceptors (Lipinski definition) is 4. The third-order valence-electron chi connectivity index (χ3n) is 2.94. The number of nitrogens with zero attached hydrogens (tertiary/aromatic N) is 1. The lowest BCUT2D eigenvalue weighted by atomic mass is 10.1. The molecule has 0 radical (unpaired) electrons. The van der Waals surface area contributed by atoms with E-state index in [2.05, 4.69) is 17.2 Å². The fourth-order valence-electron chi connectivity index (χ4n) is 1.89. The van der Waals surface area contributed by atoms with Crippen molar-refractivity contribution in [1.29, 1.82) is 0 Å². The van der Waals surface area contributed by atoms with Crippen LogP contribution >= 0.6 is 23.7 Å². The van der Waals surface area contributed by atoms with Crippen LogP contribution in [0.5, 0.6) is 0 Å². The Hall–Kier alpha value is -1.43. The first-order valence-electron chi connectivity index (χ1n) is 6.20. The minimum Gasteiger partial charge on any atom is -0.325 e. The van der Waals surface area contributed by atoms with Gasteiger partial charge in [0.05, 0.1) is 0 Å². The van der Waals surface area contributed by atoms with Gasteiger partial charge in [0, 0.05) is 17.6 Å². The summed E-state index contributed by atoms with van der Waals surface area (Å²) in [7, 11) is 0. The van der Waals surface area contributed by atoms with E-state index in [4.69, 9.17) is 5.73 Å². The molecule has 20 heavy (non-hydrogen) atoms. The van der Waals surface area contributed by atoms with Gasteiger partial charge in [-0.3, -0.25) is 4.79 Å². The van der Waals surface area contributed by atoms with Gasteiger partial charge >= 0.3 is 0 Å². The number of aryl methyl sites for hydroxylation is 2. The van der Waals surface area contributed by atoms with Crippen LogP contribution in [0.1, 0.15) is 33.5 Å². The zero-order valence-electron chi connectivity index (χ0n) is 11.5. The smallest absolute Gasteiger partial charge is 0.275 e. The summed E-state index contributed by atoms with van der Waals surface area (Å²) >= 11 is 1.41. The van der Waals surface area contributed by atoms with Crippen LogP contribution in [-0.4, -0.2) is 10.9 Å². The second-order valence-electron chi connectivity index (χ2n) is 4.25. The van der Waals surface area contributed by atoms with Crippen molar-refractivity contribution in [2.24, 2.45) is 5.73 Å². The van der Waals surface area contributed by atoms with E-state index in [-0.39, 0.29) is 18.3 Å². The molecule has 0 aliphatic heterocycles. The third kappa shape index (κ3) is 3.56. The molecule has 0 saturated carbocycles. The number of thiazole rings is 1. The molecule has 0 aliphatic carbocycles. The number of nitrogens with two attached hydrogens (primary N) is 1. The highest BCUT2D eigenvalue weighted by Gasteiger charge is 2.13. The number of anilines is 1. The van der Waals surface area contributed by atoms with Gasteiger partial charge in [-0.05, 0) is 24.5 Å². The number of hydrogen-bond donors (Lipinski definition) is 2. The fourth-order valence-corrected chi connectivity index (χ4v) is 2.54. The van der Waals surface area contributed by atoms with Crippen molar-refractivity contribution in [2.75, 3.05) is 5.32 Å². The summed E-state index contributed by atoms with van der Waals surface area (Å²) in [6.07, 6.45) is 0.877. The van der Waals surface area contributed by atoms with Crippen molar-refractivity contribution < 1.29 is 4.79 Å². The lowest BCUT2D eigenvalue weighted by Crippen LogP contribution is -2.15. The summed E-state index contributed by atoms with van der Waals surface area (Å²) in [6, 6.07) is 6.01. The number of amides is 1. The van der Waals surface area contributed by atoms with Crippen LogP contribution in [0.15, 0.2) is 23.6 Å². The van der Waals surface area contributed by atoms with Crippen LogP contribution in [0.3, 0.4) is 0 Å². The maximum Gasteiger partial charge on any atom is 0.275 e. The van der Waals surface area contributed by atoms with Crippen LogP contribution in [0.25, 0.3) is 0 Å². The van der Waals surface area contributed by atoms with Crippen LogP contribution in [0, 0.1) is 6.92 Å². The van der Waals surface area contributed by atoms with Gasteiger partial charge in [-0.2, -0.15) is 0 Å². The molecule has 0 saturated heterocycles. The van der Waals surface area contributed by atoms with E-state index in [9.17, 15) is 4.79 Å². The number of carbonyl (C=O) groups excluding carboxylic acids is 1. The number of benzene rings is 1. The quantitative estimate of drug-likeness (QED) is 0.911. The summed E-state index contributed by atoms with van der Waals surface area (Å²) in [5.41, 5.74) is 9.00. The summed E-state index contributed by atoms with van der Waals surface area (Å²) in [5, 5.41) is 5.45. The molecule has 0 aliphatic rings. The topological polar surface area (TPSA) is 68.0 Å². The first-order chi connectivity index (χ1) is 9.15. The van der Waals surface area contributed by atoms with Gasteiger partial charge in [0.25, 0.3) is 5.91 Å². The van der Waals surface area contributed by atoms with E-state index in [0.29, 0.717) is 12.2 Å². The molecule has 1 heterocycles. The van der Waals surface area contributed by atoms with Gasteiger partial charge in [0.2, 0.25) is 0 Å². The first-order valence-corrected chi connectivity index (χ1v) is 7.08. The Balaban J connectivity index is 0.00000200. The van der Waals surface area contributed by atoms with Gasteiger partial charge in [0.1, 0.15) is 10.7 Å². The monoisotopic (exact) mass is 311 g/mol. The van der Waals surface area contributed by atoms with E-state index in [1.54, 1.807) is 5.38 Å². The Labute approximate surface area is 128 Å². The average molecular weight is 312 g/mol. The Bertz CT molecular complexity index is 598. The minimum atomic E-state index is -0.181. The number of rotatable bonds is 4. The second kappa shape index (κ2) is 7.38. The zero-order valence-corrected chi connectivity index (χ0v) is 13.1. The highest BCUT2D eigenvalue weighted by atomic mass is 35.5. The van der Waals surface area contributed by atoms with Crippen molar-refractivity contribution in [3.63, 3.8) is 0 Å². The van der Waals surface area contributed by atoms with Crippen molar-refractivity contribution in [3.05, 3.63) is 45.4 Å². The van der Waals surface area contributed by atoms with Crippen molar-refractivity contribution in [3.8, 4) is 0 Å². The van der Waals surface area contributed by atoms with Crippen LogP contribution in [0.2, 0.25) is 0 Å². The molecule has 1 amide bonds. The number of carbonyl (C=O) groups is 1. The van der Waals surface area contributed by atoms with Crippen molar-refractivity contribution >= 4 is 35.3 Å². The second-order valence-corrected chi connectivity index (χ2v) is 5.19. The van der Waals surface area contributed by atoms with E-state index in [0.717, 1.165) is 28.2 Å². The first kappa shape index (κ1) is 16.6. The largest absolute Gasteiger partial charge is 0.325 e. The molecule has 108 valence electrons. The summed E-state index contributed by atoms with van der Waals surface area (Å²) in [5.74, 6) is -0.181. The Morgan fingerprint density at radius 2 is 2.20 bits per heavy atom. The molecule has 3 N–H and O–H groups in total. The molecule has 2 aromatic rings. The molecule has 4 nitrogen and oxygen atoms in total. The molecule has 0 spiro atoms. The minimum absolute atomic E-state index is 0. The average Bonchev–Trinajstić information content (AvgIpc) is 2.90. The number of nitrogens with one attached hydrogen (secondary N) is 1. The molecule has 0 unspecified atom stereocenters. The predicted octanol–water partition coefficient (Wildman–Crippen LogP) is 3.15. The Morgan fingerprint density at radius 3 is 2.80 bits per heavy atom. The lowest BCUT2D eigenvalue weighted by Gasteiger charge is -2.11. The third-order valence-corrected chi connectivity index (χ3v) is 3.81. The van der Waals surface area contributed by atoms with Gasteiger partial charge in [-0.15, -0.1) is 23.7 Å². The molecule has 0 fully saturated rings. The molecule has 2 rings (SSSR count). The normalized spacial score (nSPS) is 9.95. The molecular formula is C14H18ClN3OS. The standard InChI is InChI=1S/C14H17N3OS.ClH/c1-3-10-6-4-5-9(2)13(10)17-14(18)11-8-19-12(7-15)16-11;/h4-6,8H,3,7,15H2,1-2H3,(H,17,18);1H. The van der Waals surface area contributed by atoms with E-state index in [1.165, 1.54) is 11.3 Å². The SMILES string of the molecule is CCc1cccc(C)c1NC(=O)c1csc(CN)n1.Cl. The number of para-hydroxylation sites is 1. The zero-order chi connectivity index (χ0) is 13.8. The van der Waals surface area contributed by atoms with Gasteiger partial charge in [-0.25, -0.2) is 4.98 Å². The summed E-state index contributed by atoms with van der Waals surface area (Å²) in [4.78, 5) is 16.3. The highest BCUT2D eigenvalue weighted by Crippen LogP contribution is 2.22. The van der Waals surface area contributed by atoms with Gasteiger partial charge in [-0.1, -0.05) is 25.1 Å². The lowest BCUT2D eigenvalue weighted by molar-refractivity contribution is 0.102. The molecule has 1 aromatic heterocycles. The van der Waals surface area contributed by atoms with Crippen LogP contribution in [0.4, 0.5) is 5.69 Å². The van der Waals surface area contributed by atoms with Crippen molar-refractivity contribution in [2.45, 2.75) is 26.8 Å². The Morgan fingerprint density at radius 1 is 1.45 bits per heavy atom. The van der Waals surface area contributed by atoms with E-state index < -0.39 is 0 Å². The van der Waals surface area contributed by atoms with Gasteiger partial charge in [0.15, 0.2) is 0 Å². The molecule has 1 aromatic carbocycles. The van der Waals surface area contributed by atoms with Crippen LogP contribution in [-0.2, 0) is 13.0 Å². The van der Waals surface area contributed by atoms with Gasteiger partial charge < -0.3 is 11.1 Å². The maximum atomic E-state index is 12.2. The Kier molecular flexibility index (Phi) is 6.13. The highest BCUT2D eigenvalue weighted by molar-refractivity contribution is 7.09. The fraction of sp³-hybridized carbons (Fsp3) is 0.286. The summed E-state index contributed by atoms with van der Waals surface area (Å²) < 4.78 is 0. The van der Waals surface area contributed by atoms with E-state index in [1.807, 2.05) is 25.1 Å². The van der Waals surface area contributed by atoms with Crippen molar-refractivity contribution in [1.82, 2.24) is 4.98 Å². The molecular weight excluding hydrogens is 294 g/mol. The maximum absolute atomic E-state index is 12.2.